The van der Waals surface area contributed by atoms with Crippen LogP contribution in [0.2, 0.25) is 0 Å². The summed E-state index contributed by atoms with van der Waals surface area (Å²) in [7, 11) is 0. The van der Waals surface area contributed by atoms with Crippen molar-refractivity contribution in [3.8, 4) is 11.5 Å². The highest BCUT2D eigenvalue weighted by Gasteiger charge is 2.12. The molecule has 0 spiro atoms. The summed E-state index contributed by atoms with van der Waals surface area (Å²) in [5.41, 5.74) is 0.885. The molecule has 1 atom stereocenters. The summed E-state index contributed by atoms with van der Waals surface area (Å²) < 4.78 is 5.69. The summed E-state index contributed by atoms with van der Waals surface area (Å²) in [5.74, 6) is 0.521. The zero-order valence-corrected chi connectivity index (χ0v) is 11.1. The summed E-state index contributed by atoms with van der Waals surface area (Å²) in [5, 5.41) is 8.14. The van der Waals surface area contributed by atoms with Gasteiger partial charge in [0.05, 0.1) is 0 Å². The Kier molecular flexibility index (Phi) is 4.47. The summed E-state index contributed by atoms with van der Waals surface area (Å²) in [6, 6.07) is 16.8. The van der Waals surface area contributed by atoms with E-state index in [1.165, 1.54) is 0 Å². The van der Waals surface area contributed by atoms with Crippen LogP contribution in [0.4, 0.5) is 0 Å². The van der Waals surface area contributed by atoms with Gasteiger partial charge in [-0.3, -0.25) is 4.79 Å². The zero-order valence-electron chi connectivity index (χ0n) is 10.2. The number of carboxylic acid groups (broad SMARTS) is 1. The van der Waals surface area contributed by atoms with E-state index in [1.807, 2.05) is 54.6 Å². The van der Waals surface area contributed by atoms with Crippen molar-refractivity contribution in [2.75, 3.05) is 0 Å². The molecule has 1 N–H and O–H groups in total. The first-order valence-corrected chi connectivity index (χ1v) is 6.39. The molecule has 98 valence electrons. The van der Waals surface area contributed by atoms with Crippen molar-refractivity contribution in [1.82, 2.24) is 0 Å². The van der Waals surface area contributed by atoms with Gasteiger partial charge in [0, 0.05) is 0 Å². The fourth-order valence-corrected chi connectivity index (χ4v) is 1.88. The van der Waals surface area contributed by atoms with Gasteiger partial charge in [-0.2, -0.15) is 12.6 Å². The molecule has 0 aromatic heterocycles. The van der Waals surface area contributed by atoms with Gasteiger partial charge < -0.3 is 9.84 Å². The van der Waals surface area contributed by atoms with Crippen molar-refractivity contribution in [2.24, 2.45) is 0 Å². The zero-order chi connectivity index (χ0) is 13.7. The van der Waals surface area contributed by atoms with Crippen molar-refractivity contribution in [1.29, 1.82) is 0 Å². The molecular weight excluding hydrogens is 260 g/mol. The molecule has 2 aromatic carbocycles. The van der Waals surface area contributed by atoms with E-state index in [0.717, 1.165) is 11.3 Å². The number of para-hydroxylation sites is 1. The van der Waals surface area contributed by atoms with Crippen LogP contribution in [-0.2, 0) is 11.2 Å². The maximum atomic E-state index is 10.8. The van der Waals surface area contributed by atoms with E-state index in [9.17, 15) is 4.79 Å². The van der Waals surface area contributed by atoms with Gasteiger partial charge in [-0.15, -0.1) is 0 Å². The van der Waals surface area contributed by atoms with Crippen LogP contribution in [0.3, 0.4) is 0 Å². The molecule has 0 saturated carbocycles. The predicted molar refractivity (Wildman–Crippen MR) is 77.1 cm³/mol. The van der Waals surface area contributed by atoms with Gasteiger partial charge in [0.25, 0.3) is 0 Å². The number of rotatable bonds is 5. The van der Waals surface area contributed by atoms with Crippen LogP contribution >= 0.6 is 12.6 Å². The maximum absolute atomic E-state index is 10.8. The number of carboxylic acids is 1. The van der Waals surface area contributed by atoms with Crippen LogP contribution in [0.1, 0.15) is 5.56 Å². The second-order valence-electron chi connectivity index (χ2n) is 4.12. The van der Waals surface area contributed by atoms with Crippen molar-refractivity contribution in [2.45, 2.75) is 11.7 Å². The Morgan fingerprint density at radius 3 is 2.47 bits per heavy atom. The molecule has 0 radical (unpaired) electrons. The Bertz CT molecular complexity index is 554. The number of benzene rings is 2. The van der Waals surface area contributed by atoms with E-state index in [4.69, 9.17) is 9.84 Å². The van der Waals surface area contributed by atoms with Crippen molar-refractivity contribution < 1.29 is 14.6 Å². The highest BCUT2D eigenvalue weighted by Crippen LogP contribution is 2.22. The highest BCUT2D eigenvalue weighted by atomic mass is 32.1. The van der Waals surface area contributed by atoms with Gasteiger partial charge in [-0.05, 0) is 36.2 Å². The molecule has 19 heavy (non-hydrogen) atoms. The third-order valence-electron chi connectivity index (χ3n) is 2.59. The number of aliphatic carboxylic acids is 1. The van der Waals surface area contributed by atoms with Gasteiger partial charge in [0.2, 0.25) is 0 Å². The van der Waals surface area contributed by atoms with E-state index >= 15 is 0 Å². The molecule has 3 nitrogen and oxygen atoms in total. The molecule has 2 aromatic rings. The lowest BCUT2D eigenvalue weighted by Crippen LogP contribution is -2.16. The second-order valence-corrected chi connectivity index (χ2v) is 4.74. The largest absolute Gasteiger partial charge is 0.480 e. The Morgan fingerprint density at radius 2 is 1.79 bits per heavy atom. The number of carbonyl (C=O) groups is 1. The van der Waals surface area contributed by atoms with E-state index in [1.54, 1.807) is 0 Å². The number of hydrogen-bond donors (Lipinski definition) is 2. The average Bonchev–Trinajstić information content (AvgIpc) is 2.40. The molecular formula is C15H14O3S. The topological polar surface area (TPSA) is 46.5 Å². The molecule has 0 aliphatic carbocycles. The minimum Gasteiger partial charge on any atom is -0.480 e. The van der Waals surface area contributed by atoms with Crippen molar-refractivity contribution in [3.05, 3.63) is 60.2 Å². The number of hydrogen-bond acceptors (Lipinski definition) is 3. The molecule has 0 heterocycles. The minimum absolute atomic E-state index is 0.366. The van der Waals surface area contributed by atoms with Gasteiger partial charge in [-0.25, -0.2) is 0 Å². The molecule has 0 amide bonds. The summed E-state index contributed by atoms with van der Waals surface area (Å²) in [6.07, 6.45) is 0.366. The standard InChI is InChI=1S/C15H14O3S/c16-15(17)14(19)10-11-5-4-8-13(9-11)18-12-6-2-1-3-7-12/h1-9,14,19H,10H2,(H,16,17). The smallest absolute Gasteiger partial charge is 0.316 e. The lowest BCUT2D eigenvalue weighted by atomic mass is 10.1. The Morgan fingerprint density at radius 1 is 1.11 bits per heavy atom. The first-order chi connectivity index (χ1) is 9.15. The van der Waals surface area contributed by atoms with Crippen molar-refractivity contribution in [3.63, 3.8) is 0 Å². The van der Waals surface area contributed by atoms with Gasteiger partial charge in [0.1, 0.15) is 16.7 Å². The van der Waals surface area contributed by atoms with E-state index in [-0.39, 0.29) is 0 Å². The molecule has 0 bridgehead atoms. The molecule has 2 rings (SSSR count). The maximum Gasteiger partial charge on any atom is 0.316 e. The van der Waals surface area contributed by atoms with Gasteiger partial charge in [-0.1, -0.05) is 30.3 Å². The third kappa shape index (κ3) is 4.03. The molecule has 0 aliphatic heterocycles. The van der Waals surface area contributed by atoms with Gasteiger partial charge in [0.15, 0.2) is 0 Å². The molecule has 1 unspecified atom stereocenters. The molecule has 0 saturated heterocycles. The Hall–Kier alpha value is -1.94. The first kappa shape index (κ1) is 13.5. The fourth-order valence-electron chi connectivity index (χ4n) is 1.67. The normalized spacial score (nSPS) is 11.8. The van der Waals surface area contributed by atoms with E-state index in [0.29, 0.717) is 12.2 Å². The quantitative estimate of drug-likeness (QED) is 0.821. The van der Waals surface area contributed by atoms with Crippen LogP contribution in [0, 0.1) is 0 Å². The van der Waals surface area contributed by atoms with Crippen LogP contribution < -0.4 is 4.74 Å². The third-order valence-corrected chi connectivity index (χ3v) is 2.99. The SMILES string of the molecule is O=C(O)C(S)Cc1cccc(Oc2ccccc2)c1. The van der Waals surface area contributed by atoms with Crippen LogP contribution in [0.5, 0.6) is 11.5 Å². The lowest BCUT2D eigenvalue weighted by Gasteiger charge is -2.09. The number of ether oxygens (including phenoxy) is 1. The van der Waals surface area contributed by atoms with E-state index in [2.05, 4.69) is 12.6 Å². The van der Waals surface area contributed by atoms with Crippen molar-refractivity contribution >= 4 is 18.6 Å². The summed E-state index contributed by atoms with van der Waals surface area (Å²) in [4.78, 5) is 10.8. The fraction of sp³-hybridized carbons (Fsp3) is 0.133. The molecule has 0 fully saturated rings. The summed E-state index contributed by atoms with van der Waals surface area (Å²) >= 11 is 4.03. The Balaban J connectivity index is 2.09. The Labute approximate surface area is 117 Å². The molecule has 0 aliphatic rings. The van der Waals surface area contributed by atoms with Crippen LogP contribution in [0.15, 0.2) is 54.6 Å². The highest BCUT2D eigenvalue weighted by molar-refractivity contribution is 7.81. The lowest BCUT2D eigenvalue weighted by molar-refractivity contribution is -0.136. The van der Waals surface area contributed by atoms with E-state index < -0.39 is 11.2 Å². The number of thiol groups is 1. The molecule has 4 heteroatoms. The first-order valence-electron chi connectivity index (χ1n) is 5.88. The van der Waals surface area contributed by atoms with Crippen LogP contribution in [0.25, 0.3) is 0 Å². The second kappa shape index (κ2) is 6.29. The monoisotopic (exact) mass is 274 g/mol. The predicted octanol–water partition coefficient (Wildman–Crippen LogP) is 3.40. The minimum atomic E-state index is -0.919. The average molecular weight is 274 g/mol. The van der Waals surface area contributed by atoms with Crippen LogP contribution in [-0.4, -0.2) is 16.3 Å². The summed E-state index contributed by atoms with van der Waals surface area (Å²) in [6.45, 7) is 0. The van der Waals surface area contributed by atoms with Gasteiger partial charge >= 0.3 is 5.97 Å².